The molecule has 0 spiro atoms. The normalized spacial score (nSPS) is 30.1. The van der Waals surface area contributed by atoms with Crippen LogP contribution in [0.1, 0.15) is 58.8 Å². The Balaban J connectivity index is 1.95. The molecule has 0 aromatic carbocycles. The number of nitrogens with two attached hydrogens (primary N) is 1. The Hall–Kier alpha value is -0.610. The standard InChI is InChI=1S/C17H33N3O/c1-3-15-9-5-6-11-20(15)17(21)13-19(4-2)16-10-7-8-14(16)12-18/h14-16H,3-13,18H2,1-2H3. The van der Waals surface area contributed by atoms with Crippen molar-refractivity contribution in [3.8, 4) is 0 Å². The third-order valence-electron chi connectivity index (χ3n) is 5.55. The number of likely N-dealkylation sites (tertiary alicyclic amines) is 1. The quantitative estimate of drug-likeness (QED) is 0.817. The molecular weight excluding hydrogens is 262 g/mol. The molecule has 3 atom stereocenters. The van der Waals surface area contributed by atoms with Gasteiger partial charge in [-0.2, -0.15) is 0 Å². The molecule has 2 N–H and O–H groups in total. The molecule has 2 rings (SSSR count). The Morgan fingerprint density at radius 1 is 1.19 bits per heavy atom. The van der Waals surface area contributed by atoms with E-state index in [-0.39, 0.29) is 0 Å². The third kappa shape index (κ3) is 3.98. The van der Waals surface area contributed by atoms with Gasteiger partial charge in [0.2, 0.25) is 5.91 Å². The van der Waals surface area contributed by atoms with Crippen molar-refractivity contribution in [2.45, 2.75) is 70.9 Å². The van der Waals surface area contributed by atoms with Crippen molar-refractivity contribution in [2.75, 3.05) is 26.2 Å². The van der Waals surface area contributed by atoms with Gasteiger partial charge in [0.1, 0.15) is 0 Å². The highest BCUT2D eigenvalue weighted by atomic mass is 16.2. The van der Waals surface area contributed by atoms with Gasteiger partial charge in [-0.15, -0.1) is 0 Å². The molecule has 0 bridgehead atoms. The number of carbonyl (C=O) groups excluding carboxylic acids is 1. The van der Waals surface area contributed by atoms with Gasteiger partial charge in [-0.25, -0.2) is 0 Å². The molecule has 1 heterocycles. The van der Waals surface area contributed by atoms with Gasteiger partial charge >= 0.3 is 0 Å². The van der Waals surface area contributed by atoms with Crippen LogP contribution in [0.4, 0.5) is 0 Å². The number of likely N-dealkylation sites (N-methyl/N-ethyl adjacent to an activating group) is 1. The average Bonchev–Trinajstić information content (AvgIpc) is 3.00. The van der Waals surface area contributed by atoms with Crippen LogP contribution >= 0.6 is 0 Å². The van der Waals surface area contributed by atoms with Crippen LogP contribution in [0.25, 0.3) is 0 Å². The van der Waals surface area contributed by atoms with Crippen molar-refractivity contribution >= 4 is 5.91 Å². The van der Waals surface area contributed by atoms with Crippen LogP contribution in [0.15, 0.2) is 0 Å². The molecule has 1 saturated heterocycles. The first-order chi connectivity index (χ1) is 10.2. The molecule has 2 fully saturated rings. The predicted octanol–water partition coefficient (Wildman–Crippen LogP) is 2.23. The van der Waals surface area contributed by atoms with Gasteiger partial charge in [-0.1, -0.05) is 20.3 Å². The molecule has 0 aromatic rings. The zero-order valence-electron chi connectivity index (χ0n) is 13.9. The van der Waals surface area contributed by atoms with E-state index in [1.165, 1.54) is 38.5 Å². The number of hydrogen-bond acceptors (Lipinski definition) is 3. The fraction of sp³-hybridized carbons (Fsp3) is 0.941. The predicted molar refractivity (Wildman–Crippen MR) is 87.1 cm³/mol. The van der Waals surface area contributed by atoms with Crippen LogP contribution in [0.2, 0.25) is 0 Å². The van der Waals surface area contributed by atoms with Gasteiger partial charge in [0.15, 0.2) is 0 Å². The number of carbonyl (C=O) groups is 1. The zero-order valence-corrected chi connectivity index (χ0v) is 13.9. The van der Waals surface area contributed by atoms with E-state index < -0.39 is 0 Å². The number of rotatable bonds is 6. The van der Waals surface area contributed by atoms with E-state index in [0.717, 1.165) is 26.1 Å². The molecule has 0 aromatic heterocycles. The maximum atomic E-state index is 12.7. The summed E-state index contributed by atoms with van der Waals surface area (Å²) >= 11 is 0. The van der Waals surface area contributed by atoms with Gasteiger partial charge < -0.3 is 10.6 Å². The number of amides is 1. The Labute approximate surface area is 130 Å². The summed E-state index contributed by atoms with van der Waals surface area (Å²) in [4.78, 5) is 17.3. The van der Waals surface area contributed by atoms with Crippen molar-refractivity contribution in [1.82, 2.24) is 9.80 Å². The van der Waals surface area contributed by atoms with Gasteiger partial charge in [-0.05, 0) is 57.5 Å². The molecule has 2 aliphatic rings. The fourth-order valence-corrected chi connectivity index (χ4v) is 4.25. The average molecular weight is 295 g/mol. The minimum absolute atomic E-state index is 0.339. The molecule has 3 unspecified atom stereocenters. The largest absolute Gasteiger partial charge is 0.339 e. The van der Waals surface area contributed by atoms with E-state index >= 15 is 0 Å². The van der Waals surface area contributed by atoms with E-state index in [1.807, 2.05) is 0 Å². The van der Waals surface area contributed by atoms with E-state index in [4.69, 9.17) is 5.73 Å². The minimum Gasteiger partial charge on any atom is -0.339 e. The van der Waals surface area contributed by atoms with Gasteiger partial charge in [0, 0.05) is 18.6 Å². The van der Waals surface area contributed by atoms with Gasteiger partial charge in [-0.3, -0.25) is 9.69 Å². The lowest BCUT2D eigenvalue weighted by molar-refractivity contribution is -0.136. The lowest BCUT2D eigenvalue weighted by atomic mass is 9.99. The Morgan fingerprint density at radius 2 is 2.00 bits per heavy atom. The summed E-state index contributed by atoms with van der Waals surface area (Å²) in [6.07, 6.45) is 8.42. The summed E-state index contributed by atoms with van der Waals surface area (Å²) in [5.74, 6) is 0.923. The van der Waals surface area contributed by atoms with Crippen LogP contribution in [0, 0.1) is 5.92 Å². The summed E-state index contributed by atoms with van der Waals surface area (Å²) < 4.78 is 0. The highest BCUT2D eigenvalue weighted by Crippen LogP contribution is 2.29. The molecule has 4 nitrogen and oxygen atoms in total. The fourth-order valence-electron chi connectivity index (χ4n) is 4.25. The van der Waals surface area contributed by atoms with Crippen molar-refractivity contribution in [2.24, 2.45) is 11.7 Å². The number of nitrogens with zero attached hydrogens (tertiary/aromatic N) is 2. The Morgan fingerprint density at radius 3 is 2.67 bits per heavy atom. The zero-order chi connectivity index (χ0) is 15.2. The summed E-state index contributed by atoms with van der Waals surface area (Å²) in [6.45, 7) is 7.64. The lowest BCUT2D eigenvalue weighted by Gasteiger charge is -2.38. The maximum Gasteiger partial charge on any atom is 0.237 e. The molecule has 1 aliphatic carbocycles. The smallest absolute Gasteiger partial charge is 0.237 e. The topological polar surface area (TPSA) is 49.6 Å². The minimum atomic E-state index is 0.339. The van der Waals surface area contributed by atoms with E-state index in [1.54, 1.807) is 0 Å². The second kappa shape index (κ2) is 8.14. The third-order valence-corrected chi connectivity index (χ3v) is 5.55. The molecule has 1 aliphatic heterocycles. The second-order valence-electron chi connectivity index (χ2n) is 6.70. The summed E-state index contributed by atoms with van der Waals surface area (Å²) in [7, 11) is 0. The first kappa shape index (κ1) is 16.8. The van der Waals surface area contributed by atoms with Crippen molar-refractivity contribution in [3.63, 3.8) is 0 Å². The summed E-state index contributed by atoms with van der Waals surface area (Å²) in [5.41, 5.74) is 5.91. The summed E-state index contributed by atoms with van der Waals surface area (Å²) in [6, 6.07) is 0.993. The monoisotopic (exact) mass is 295 g/mol. The molecule has 122 valence electrons. The van der Waals surface area contributed by atoms with Crippen LogP contribution in [0.5, 0.6) is 0 Å². The van der Waals surface area contributed by atoms with Crippen LogP contribution < -0.4 is 5.73 Å². The highest BCUT2D eigenvalue weighted by Gasteiger charge is 2.33. The molecule has 21 heavy (non-hydrogen) atoms. The van der Waals surface area contributed by atoms with E-state index in [9.17, 15) is 4.79 Å². The second-order valence-corrected chi connectivity index (χ2v) is 6.70. The van der Waals surface area contributed by atoms with E-state index in [0.29, 0.717) is 30.5 Å². The number of hydrogen-bond donors (Lipinski definition) is 1. The van der Waals surface area contributed by atoms with Gasteiger partial charge in [0.05, 0.1) is 6.54 Å². The Bertz CT molecular complexity index is 334. The SMILES string of the molecule is CCC1CCCCN1C(=O)CN(CC)C1CCCC1CN. The van der Waals surface area contributed by atoms with Crippen molar-refractivity contribution in [1.29, 1.82) is 0 Å². The Kier molecular flexibility index (Phi) is 6.49. The van der Waals surface area contributed by atoms with E-state index in [2.05, 4.69) is 23.6 Å². The van der Waals surface area contributed by atoms with Crippen molar-refractivity contribution in [3.05, 3.63) is 0 Å². The van der Waals surface area contributed by atoms with Crippen LogP contribution in [-0.4, -0.2) is 54.0 Å². The van der Waals surface area contributed by atoms with Crippen LogP contribution in [-0.2, 0) is 4.79 Å². The highest BCUT2D eigenvalue weighted by molar-refractivity contribution is 5.78. The van der Waals surface area contributed by atoms with Crippen LogP contribution in [0.3, 0.4) is 0 Å². The lowest BCUT2D eigenvalue weighted by Crippen LogP contribution is -2.50. The molecule has 0 radical (unpaired) electrons. The maximum absolute atomic E-state index is 12.7. The molecule has 4 heteroatoms. The molecule has 1 amide bonds. The summed E-state index contributed by atoms with van der Waals surface area (Å²) in [5, 5.41) is 0. The van der Waals surface area contributed by atoms with Crippen molar-refractivity contribution < 1.29 is 4.79 Å². The molecule has 1 saturated carbocycles. The number of piperidine rings is 1. The first-order valence-electron chi connectivity index (χ1n) is 8.94. The van der Waals surface area contributed by atoms with Gasteiger partial charge in [0.25, 0.3) is 0 Å². The molecular formula is C17H33N3O. The first-order valence-corrected chi connectivity index (χ1v) is 8.94.